The Morgan fingerprint density at radius 1 is 1.17 bits per heavy atom. The van der Waals surface area contributed by atoms with Crippen molar-refractivity contribution in [3.8, 4) is 0 Å². The summed E-state index contributed by atoms with van der Waals surface area (Å²) in [7, 11) is 0. The van der Waals surface area contributed by atoms with E-state index in [2.05, 4.69) is 10.2 Å². The number of nitrogens with two attached hydrogens (primary N) is 1. The molecule has 1 aliphatic carbocycles. The third-order valence-corrected chi connectivity index (χ3v) is 5.22. The van der Waals surface area contributed by atoms with Gasteiger partial charge < -0.3 is 16.0 Å². The summed E-state index contributed by atoms with van der Waals surface area (Å²) in [6.45, 7) is 2.25. The molecular formula is C14H25N3O. The van der Waals surface area contributed by atoms with Crippen LogP contribution >= 0.6 is 0 Å². The Kier molecular flexibility index (Phi) is 3.32. The van der Waals surface area contributed by atoms with Gasteiger partial charge in [-0.05, 0) is 45.1 Å². The molecule has 102 valence electrons. The van der Waals surface area contributed by atoms with Crippen molar-refractivity contribution >= 4 is 5.91 Å². The molecule has 18 heavy (non-hydrogen) atoms. The number of fused-ring (bicyclic) bond motifs is 1. The Morgan fingerprint density at radius 3 is 2.67 bits per heavy atom. The zero-order valence-electron chi connectivity index (χ0n) is 11.2. The van der Waals surface area contributed by atoms with Crippen LogP contribution in [0.25, 0.3) is 0 Å². The summed E-state index contributed by atoms with van der Waals surface area (Å²) in [6.07, 6.45) is 9.36. The number of nitrogens with zero attached hydrogens (tertiary/aromatic N) is 1. The summed E-state index contributed by atoms with van der Waals surface area (Å²) >= 11 is 0. The SMILES string of the molecule is NC(=O)C1(NC2CCCC2)CCN2CCCC2C1. The lowest BCUT2D eigenvalue weighted by molar-refractivity contribution is -0.127. The molecule has 0 bridgehead atoms. The third kappa shape index (κ3) is 2.16. The summed E-state index contributed by atoms with van der Waals surface area (Å²) < 4.78 is 0. The first-order valence-electron chi connectivity index (χ1n) is 7.51. The molecule has 2 saturated heterocycles. The van der Waals surface area contributed by atoms with Crippen molar-refractivity contribution in [1.29, 1.82) is 0 Å². The number of piperidine rings is 1. The minimum absolute atomic E-state index is 0.124. The predicted molar refractivity (Wildman–Crippen MR) is 71.1 cm³/mol. The smallest absolute Gasteiger partial charge is 0.237 e. The quantitative estimate of drug-likeness (QED) is 0.787. The van der Waals surface area contributed by atoms with Crippen molar-refractivity contribution in [2.45, 2.75) is 69.0 Å². The number of nitrogens with one attached hydrogen (secondary N) is 1. The van der Waals surface area contributed by atoms with E-state index in [-0.39, 0.29) is 5.91 Å². The van der Waals surface area contributed by atoms with Gasteiger partial charge in [-0.15, -0.1) is 0 Å². The number of hydrogen-bond donors (Lipinski definition) is 2. The zero-order valence-corrected chi connectivity index (χ0v) is 11.2. The Labute approximate surface area is 109 Å². The molecule has 1 saturated carbocycles. The number of hydrogen-bond acceptors (Lipinski definition) is 3. The van der Waals surface area contributed by atoms with E-state index in [1.165, 1.54) is 45.1 Å². The number of carbonyl (C=O) groups is 1. The van der Waals surface area contributed by atoms with E-state index in [4.69, 9.17) is 5.73 Å². The highest BCUT2D eigenvalue weighted by atomic mass is 16.1. The summed E-state index contributed by atoms with van der Waals surface area (Å²) in [5.41, 5.74) is 5.33. The van der Waals surface area contributed by atoms with Gasteiger partial charge in [-0.2, -0.15) is 0 Å². The minimum atomic E-state index is -0.416. The number of carbonyl (C=O) groups excluding carboxylic acids is 1. The second kappa shape index (κ2) is 4.82. The topological polar surface area (TPSA) is 58.4 Å². The van der Waals surface area contributed by atoms with Crippen molar-refractivity contribution in [2.24, 2.45) is 5.73 Å². The highest BCUT2D eigenvalue weighted by Gasteiger charge is 2.46. The highest BCUT2D eigenvalue weighted by molar-refractivity contribution is 5.85. The first-order valence-corrected chi connectivity index (χ1v) is 7.51. The normalized spacial score (nSPS) is 37.9. The van der Waals surface area contributed by atoms with E-state index in [0.717, 1.165) is 19.4 Å². The molecule has 0 aromatic heterocycles. The van der Waals surface area contributed by atoms with Gasteiger partial charge in [0.2, 0.25) is 5.91 Å². The lowest BCUT2D eigenvalue weighted by atomic mass is 9.81. The maximum atomic E-state index is 12.0. The van der Waals surface area contributed by atoms with Gasteiger partial charge in [-0.25, -0.2) is 0 Å². The molecule has 0 radical (unpaired) electrons. The van der Waals surface area contributed by atoms with Gasteiger partial charge in [0.25, 0.3) is 0 Å². The second-order valence-corrected chi connectivity index (χ2v) is 6.36. The van der Waals surface area contributed by atoms with Gasteiger partial charge in [-0.3, -0.25) is 4.79 Å². The highest BCUT2D eigenvalue weighted by Crippen LogP contribution is 2.34. The van der Waals surface area contributed by atoms with Crippen LogP contribution < -0.4 is 11.1 Å². The first kappa shape index (κ1) is 12.4. The van der Waals surface area contributed by atoms with Crippen LogP contribution in [0.1, 0.15) is 51.4 Å². The van der Waals surface area contributed by atoms with E-state index >= 15 is 0 Å². The molecular weight excluding hydrogens is 226 g/mol. The van der Waals surface area contributed by atoms with E-state index in [9.17, 15) is 4.79 Å². The lowest BCUT2D eigenvalue weighted by Gasteiger charge is -2.44. The molecule has 1 amide bonds. The number of rotatable bonds is 3. The van der Waals surface area contributed by atoms with Crippen LogP contribution in [0, 0.1) is 0 Å². The second-order valence-electron chi connectivity index (χ2n) is 6.36. The Balaban J connectivity index is 1.72. The van der Waals surface area contributed by atoms with E-state index in [1.54, 1.807) is 0 Å². The van der Waals surface area contributed by atoms with E-state index in [0.29, 0.717) is 12.1 Å². The fourth-order valence-electron chi connectivity index (χ4n) is 4.15. The standard InChI is InChI=1S/C14H25N3O/c15-13(18)14(16-11-4-1-2-5-11)7-9-17-8-3-6-12(17)10-14/h11-12,16H,1-10H2,(H2,15,18). The van der Waals surface area contributed by atoms with Gasteiger partial charge in [0.05, 0.1) is 0 Å². The van der Waals surface area contributed by atoms with Crippen LogP contribution in [0.3, 0.4) is 0 Å². The molecule has 0 aromatic rings. The fraction of sp³-hybridized carbons (Fsp3) is 0.929. The number of amides is 1. The largest absolute Gasteiger partial charge is 0.368 e. The van der Waals surface area contributed by atoms with Gasteiger partial charge >= 0.3 is 0 Å². The molecule has 4 nitrogen and oxygen atoms in total. The van der Waals surface area contributed by atoms with Gasteiger partial charge in [-0.1, -0.05) is 12.8 Å². The Hall–Kier alpha value is -0.610. The summed E-state index contributed by atoms with van der Waals surface area (Å²) in [5.74, 6) is -0.124. The molecule has 3 aliphatic rings. The summed E-state index contributed by atoms with van der Waals surface area (Å²) in [4.78, 5) is 14.5. The molecule has 2 atom stereocenters. The molecule has 3 fully saturated rings. The van der Waals surface area contributed by atoms with Gasteiger partial charge in [0.1, 0.15) is 5.54 Å². The van der Waals surface area contributed by atoms with Gasteiger partial charge in [0, 0.05) is 18.6 Å². The van der Waals surface area contributed by atoms with Crippen LogP contribution in [-0.2, 0) is 4.79 Å². The lowest BCUT2D eigenvalue weighted by Crippen LogP contribution is -2.64. The maximum absolute atomic E-state index is 12.0. The minimum Gasteiger partial charge on any atom is -0.368 e. The summed E-state index contributed by atoms with van der Waals surface area (Å²) in [5, 5.41) is 3.64. The zero-order chi connectivity index (χ0) is 12.6. The molecule has 0 spiro atoms. The maximum Gasteiger partial charge on any atom is 0.237 e. The van der Waals surface area contributed by atoms with Crippen LogP contribution in [-0.4, -0.2) is 41.5 Å². The molecule has 3 rings (SSSR count). The Morgan fingerprint density at radius 2 is 1.94 bits per heavy atom. The average molecular weight is 251 g/mol. The molecule has 2 heterocycles. The average Bonchev–Trinajstić information content (AvgIpc) is 2.98. The molecule has 2 unspecified atom stereocenters. The monoisotopic (exact) mass is 251 g/mol. The van der Waals surface area contributed by atoms with Crippen molar-refractivity contribution in [3.63, 3.8) is 0 Å². The fourth-order valence-corrected chi connectivity index (χ4v) is 4.15. The van der Waals surface area contributed by atoms with Crippen molar-refractivity contribution in [2.75, 3.05) is 13.1 Å². The molecule has 4 heteroatoms. The first-order chi connectivity index (χ1) is 8.70. The molecule has 2 aliphatic heterocycles. The van der Waals surface area contributed by atoms with E-state index in [1.807, 2.05) is 0 Å². The van der Waals surface area contributed by atoms with Crippen LogP contribution in [0.15, 0.2) is 0 Å². The summed E-state index contributed by atoms with van der Waals surface area (Å²) in [6, 6.07) is 1.10. The molecule has 0 aromatic carbocycles. The van der Waals surface area contributed by atoms with Crippen molar-refractivity contribution in [3.05, 3.63) is 0 Å². The Bertz CT molecular complexity index is 323. The van der Waals surface area contributed by atoms with Crippen LogP contribution in [0.4, 0.5) is 0 Å². The van der Waals surface area contributed by atoms with Crippen molar-refractivity contribution < 1.29 is 4.79 Å². The van der Waals surface area contributed by atoms with Gasteiger partial charge in [0.15, 0.2) is 0 Å². The predicted octanol–water partition coefficient (Wildman–Crippen LogP) is 1.00. The van der Waals surface area contributed by atoms with E-state index < -0.39 is 5.54 Å². The van der Waals surface area contributed by atoms with Crippen LogP contribution in [0.5, 0.6) is 0 Å². The molecule has 3 N–H and O–H groups in total. The third-order valence-electron chi connectivity index (χ3n) is 5.22. The van der Waals surface area contributed by atoms with Crippen molar-refractivity contribution in [1.82, 2.24) is 10.2 Å². The number of primary amides is 1. The van der Waals surface area contributed by atoms with Crippen LogP contribution in [0.2, 0.25) is 0 Å².